The fourth-order valence-corrected chi connectivity index (χ4v) is 2.35. The van der Waals surface area contributed by atoms with E-state index in [4.69, 9.17) is 4.74 Å². The quantitative estimate of drug-likeness (QED) is 0.827. The van der Waals surface area contributed by atoms with E-state index in [2.05, 4.69) is 10.6 Å². The van der Waals surface area contributed by atoms with Crippen LogP contribution in [-0.4, -0.2) is 56.1 Å². The number of rotatable bonds is 5. The van der Waals surface area contributed by atoms with Crippen molar-refractivity contribution in [1.82, 2.24) is 10.2 Å². The highest BCUT2D eigenvalue weighted by atomic mass is 16.5. The maximum absolute atomic E-state index is 12.2. The Bertz CT molecular complexity index is 492. The minimum atomic E-state index is -0.274. The predicted molar refractivity (Wildman–Crippen MR) is 79.9 cm³/mol. The van der Waals surface area contributed by atoms with E-state index < -0.39 is 0 Å². The zero-order valence-corrected chi connectivity index (χ0v) is 12.3. The van der Waals surface area contributed by atoms with E-state index in [0.29, 0.717) is 13.0 Å². The number of para-hydroxylation sites is 1. The van der Waals surface area contributed by atoms with Crippen LogP contribution in [0.25, 0.3) is 0 Å². The van der Waals surface area contributed by atoms with Gasteiger partial charge in [0.25, 0.3) is 0 Å². The van der Waals surface area contributed by atoms with E-state index in [1.807, 2.05) is 18.2 Å². The van der Waals surface area contributed by atoms with Gasteiger partial charge in [0, 0.05) is 26.4 Å². The number of anilines is 1. The van der Waals surface area contributed by atoms with Crippen LogP contribution >= 0.6 is 0 Å². The van der Waals surface area contributed by atoms with Crippen LogP contribution in [0.4, 0.5) is 5.69 Å². The minimum absolute atomic E-state index is 0.0313. The molecule has 2 atom stereocenters. The van der Waals surface area contributed by atoms with Crippen LogP contribution in [0.1, 0.15) is 6.42 Å². The molecule has 6 heteroatoms. The van der Waals surface area contributed by atoms with Crippen molar-refractivity contribution in [1.29, 1.82) is 0 Å². The van der Waals surface area contributed by atoms with Crippen LogP contribution in [0.3, 0.4) is 0 Å². The highest BCUT2D eigenvalue weighted by Crippen LogP contribution is 2.12. The number of hydrogen-bond donors (Lipinski definition) is 2. The van der Waals surface area contributed by atoms with Crippen molar-refractivity contribution in [3.8, 4) is 0 Å². The smallest absolute Gasteiger partial charge is 0.243 e. The van der Waals surface area contributed by atoms with Gasteiger partial charge in [0.2, 0.25) is 11.8 Å². The number of ether oxygens (including phenoxy) is 1. The van der Waals surface area contributed by atoms with Gasteiger partial charge in [0.1, 0.15) is 0 Å². The Hall–Kier alpha value is -1.92. The zero-order valence-electron chi connectivity index (χ0n) is 12.3. The average Bonchev–Trinajstić information content (AvgIpc) is 2.96. The van der Waals surface area contributed by atoms with Gasteiger partial charge in [-0.15, -0.1) is 0 Å². The molecule has 0 radical (unpaired) electrons. The molecule has 0 bridgehead atoms. The molecule has 1 aromatic carbocycles. The van der Waals surface area contributed by atoms with E-state index >= 15 is 0 Å². The van der Waals surface area contributed by atoms with Crippen LogP contribution in [-0.2, 0) is 14.3 Å². The Kier molecular flexibility index (Phi) is 5.30. The molecule has 1 fully saturated rings. The van der Waals surface area contributed by atoms with E-state index in [9.17, 15) is 9.59 Å². The Morgan fingerprint density at radius 1 is 1.38 bits per heavy atom. The molecule has 2 rings (SSSR count). The third kappa shape index (κ3) is 4.27. The molecule has 0 saturated carbocycles. The highest BCUT2D eigenvalue weighted by molar-refractivity contribution is 5.95. The molecule has 6 nitrogen and oxygen atoms in total. The van der Waals surface area contributed by atoms with Crippen molar-refractivity contribution in [2.24, 2.45) is 0 Å². The summed E-state index contributed by atoms with van der Waals surface area (Å²) in [6, 6.07) is 8.91. The van der Waals surface area contributed by atoms with E-state index in [1.54, 1.807) is 26.3 Å². The highest BCUT2D eigenvalue weighted by Gasteiger charge is 2.31. The summed E-state index contributed by atoms with van der Waals surface area (Å²) in [5.74, 6) is -0.295. The van der Waals surface area contributed by atoms with Gasteiger partial charge in [0.05, 0.1) is 18.7 Å². The first-order valence-electron chi connectivity index (χ1n) is 6.96. The van der Waals surface area contributed by atoms with Gasteiger partial charge in [-0.3, -0.25) is 9.59 Å². The first kappa shape index (κ1) is 15.5. The Morgan fingerprint density at radius 2 is 2.10 bits per heavy atom. The van der Waals surface area contributed by atoms with Crippen LogP contribution < -0.4 is 10.6 Å². The molecule has 1 heterocycles. The number of amides is 2. The molecule has 2 amide bonds. The van der Waals surface area contributed by atoms with Crippen LogP contribution in [0, 0.1) is 0 Å². The van der Waals surface area contributed by atoms with Crippen molar-refractivity contribution >= 4 is 17.5 Å². The molecule has 2 N–H and O–H groups in total. The van der Waals surface area contributed by atoms with Crippen molar-refractivity contribution in [2.45, 2.75) is 18.6 Å². The summed E-state index contributed by atoms with van der Waals surface area (Å²) in [6.07, 6.45) is 0.700. The molecule has 0 aliphatic carbocycles. The normalized spacial score (nSPS) is 21.0. The van der Waals surface area contributed by atoms with E-state index in [1.165, 1.54) is 4.90 Å². The molecule has 1 saturated heterocycles. The number of likely N-dealkylation sites (N-methyl/N-ethyl adjacent to an activating group) is 1. The second kappa shape index (κ2) is 7.19. The van der Waals surface area contributed by atoms with Gasteiger partial charge < -0.3 is 20.3 Å². The summed E-state index contributed by atoms with van der Waals surface area (Å²) in [4.78, 5) is 25.6. The third-order valence-electron chi connectivity index (χ3n) is 3.54. The molecule has 1 aromatic rings. The Morgan fingerprint density at radius 3 is 2.71 bits per heavy atom. The van der Waals surface area contributed by atoms with Gasteiger partial charge in [-0.1, -0.05) is 18.2 Å². The van der Waals surface area contributed by atoms with E-state index in [-0.39, 0.29) is 30.5 Å². The first-order chi connectivity index (χ1) is 10.1. The van der Waals surface area contributed by atoms with Crippen molar-refractivity contribution < 1.29 is 14.3 Å². The monoisotopic (exact) mass is 291 g/mol. The molecule has 21 heavy (non-hydrogen) atoms. The molecule has 1 aliphatic rings. The maximum Gasteiger partial charge on any atom is 0.243 e. The van der Waals surface area contributed by atoms with Gasteiger partial charge in [-0.25, -0.2) is 0 Å². The molecule has 114 valence electrons. The van der Waals surface area contributed by atoms with E-state index in [0.717, 1.165) is 5.69 Å². The van der Waals surface area contributed by atoms with Gasteiger partial charge in [0.15, 0.2) is 0 Å². The SMILES string of the molecule is COC1CNC(C(=O)N(C)CC(=O)Nc2ccccc2)C1. The second-order valence-corrected chi connectivity index (χ2v) is 5.16. The average molecular weight is 291 g/mol. The summed E-state index contributed by atoms with van der Waals surface area (Å²) in [7, 11) is 3.27. The summed E-state index contributed by atoms with van der Waals surface area (Å²) >= 11 is 0. The van der Waals surface area contributed by atoms with Gasteiger partial charge in [-0.2, -0.15) is 0 Å². The summed E-state index contributed by atoms with van der Waals surface area (Å²) in [5.41, 5.74) is 0.724. The molecule has 0 spiro atoms. The number of benzene rings is 1. The van der Waals surface area contributed by atoms with Gasteiger partial charge >= 0.3 is 0 Å². The van der Waals surface area contributed by atoms with Crippen molar-refractivity contribution in [3.63, 3.8) is 0 Å². The van der Waals surface area contributed by atoms with Gasteiger partial charge in [-0.05, 0) is 18.6 Å². The fourth-order valence-electron chi connectivity index (χ4n) is 2.35. The molecule has 0 aromatic heterocycles. The van der Waals surface area contributed by atoms with Crippen LogP contribution in [0.15, 0.2) is 30.3 Å². The number of nitrogens with zero attached hydrogens (tertiary/aromatic N) is 1. The Balaban J connectivity index is 1.82. The number of hydrogen-bond acceptors (Lipinski definition) is 4. The lowest BCUT2D eigenvalue weighted by Gasteiger charge is -2.20. The molecule has 1 aliphatic heterocycles. The summed E-state index contributed by atoms with van der Waals surface area (Å²) < 4.78 is 5.22. The first-order valence-corrected chi connectivity index (χ1v) is 6.96. The topological polar surface area (TPSA) is 70.7 Å². The third-order valence-corrected chi connectivity index (χ3v) is 3.54. The molecular weight excluding hydrogens is 270 g/mol. The number of nitrogens with one attached hydrogen (secondary N) is 2. The number of carbonyl (C=O) groups excluding carboxylic acids is 2. The summed E-state index contributed by atoms with van der Waals surface area (Å²) in [5, 5.41) is 5.87. The zero-order chi connectivity index (χ0) is 15.2. The maximum atomic E-state index is 12.2. The van der Waals surface area contributed by atoms with Crippen molar-refractivity contribution in [3.05, 3.63) is 30.3 Å². The predicted octanol–water partition coefficient (Wildman–Crippen LogP) is 0.460. The Labute approximate surface area is 124 Å². The fraction of sp³-hybridized carbons (Fsp3) is 0.467. The largest absolute Gasteiger partial charge is 0.380 e. The van der Waals surface area contributed by atoms with Crippen LogP contribution in [0.2, 0.25) is 0 Å². The lowest BCUT2D eigenvalue weighted by atomic mass is 10.2. The standard InChI is InChI=1S/C15H21N3O3/c1-18(15(20)13-8-12(21-2)9-16-13)10-14(19)17-11-6-4-3-5-7-11/h3-7,12-13,16H,8-10H2,1-2H3,(H,17,19). The number of methoxy groups -OCH3 is 1. The number of carbonyl (C=O) groups is 2. The van der Waals surface area contributed by atoms with Crippen molar-refractivity contribution in [2.75, 3.05) is 32.6 Å². The summed E-state index contributed by atoms with van der Waals surface area (Å²) in [6.45, 7) is 0.695. The lowest BCUT2D eigenvalue weighted by molar-refractivity contribution is -0.135. The second-order valence-electron chi connectivity index (χ2n) is 5.16. The molecular formula is C15H21N3O3. The lowest BCUT2D eigenvalue weighted by Crippen LogP contribution is -2.44. The minimum Gasteiger partial charge on any atom is -0.380 e. The molecule has 2 unspecified atom stereocenters. The van der Waals surface area contributed by atoms with Crippen LogP contribution in [0.5, 0.6) is 0 Å².